The first-order valence-electron chi connectivity index (χ1n) is 6.52. The maximum atomic E-state index is 11.2. The van der Waals surface area contributed by atoms with Crippen LogP contribution in [0.15, 0.2) is 23.3 Å². The van der Waals surface area contributed by atoms with Crippen LogP contribution in [0, 0.1) is 0 Å². The molecular weight excluding hydrogens is 260 g/mol. The van der Waals surface area contributed by atoms with Crippen molar-refractivity contribution < 1.29 is 19.7 Å². The maximum absolute atomic E-state index is 11.2. The minimum absolute atomic E-state index is 0.0611. The Labute approximate surface area is 117 Å². The van der Waals surface area contributed by atoms with Crippen LogP contribution in [0.1, 0.15) is 24.8 Å². The first-order chi connectivity index (χ1) is 9.61. The predicted octanol–water partition coefficient (Wildman–Crippen LogP) is 1.67. The van der Waals surface area contributed by atoms with Crippen LogP contribution < -0.4 is 4.74 Å². The standard InChI is InChI=1S/C14H18N2O4/c1-20-13-8-10(5-6-12(13)17)9-15-16-7-3-2-4-11(16)14(18)19/h5-6,8-9,11,17H,2-4,7H2,1H3,(H,18,19)/b15-9+. The quantitative estimate of drug-likeness (QED) is 0.819. The first-order valence-corrected chi connectivity index (χ1v) is 6.52. The Hall–Kier alpha value is -2.24. The largest absolute Gasteiger partial charge is 0.504 e. The molecular formula is C14H18N2O4. The lowest BCUT2D eigenvalue weighted by Gasteiger charge is -2.30. The molecule has 20 heavy (non-hydrogen) atoms. The molecule has 108 valence electrons. The Morgan fingerprint density at radius 3 is 3.00 bits per heavy atom. The Morgan fingerprint density at radius 2 is 2.30 bits per heavy atom. The van der Waals surface area contributed by atoms with Gasteiger partial charge in [-0.15, -0.1) is 0 Å². The number of phenolic OH excluding ortho intramolecular Hbond substituents is 1. The molecule has 1 aromatic rings. The van der Waals surface area contributed by atoms with Gasteiger partial charge in [-0.25, -0.2) is 4.79 Å². The minimum atomic E-state index is -0.842. The monoisotopic (exact) mass is 278 g/mol. The topological polar surface area (TPSA) is 82.4 Å². The smallest absolute Gasteiger partial charge is 0.328 e. The minimum Gasteiger partial charge on any atom is -0.504 e. The van der Waals surface area contributed by atoms with Gasteiger partial charge < -0.3 is 14.9 Å². The number of hydrazone groups is 1. The van der Waals surface area contributed by atoms with Crippen LogP contribution in [-0.4, -0.2) is 47.1 Å². The summed E-state index contributed by atoms with van der Waals surface area (Å²) in [6.45, 7) is 0.642. The van der Waals surface area contributed by atoms with Gasteiger partial charge in [0.2, 0.25) is 0 Å². The molecule has 0 bridgehead atoms. The van der Waals surface area contributed by atoms with E-state index in [-0.39, 0.29) is 5.75 Å². The molecule has 0 amide bonds. The average Bonchev–Trinajstić information content (AvgIpc) is 2.46. The van der Waals surface area contributed by atoms with Gasteiger partial charge in [0, 0.05) is 6.54 Å². The lowest BCUT2D eigenvalue weighted by Crippen LogP contribution is -2.41. The Morgan fingerprint density at radius 1 is 1.50 bits per heavy atom. The number of carboxylic acids is 1. The number of piperidine rings is 1. The summed E-state index contributed by atoms with van der Waals surface area (Å²) in [5.41, 5.74) is 0.745. The number of hydrogen-bond acceptors (Lipinski definition) is 5. The first kappa shape index (κ1) is 14.2. The van der Waals surface area contributed by atoms with E-state index in [1.807, 2.05) is 0 Å². The lowest BCUT2D eigenvalue weighted by molar-refractivity contribution is -0.144. The van der Waals surface area contributed by atoms with Crippen LogP contribution in [0.4, 0.5) is 0 Å². The number of nitrogens with zero attached hydrogens (tertiary/aromatic N) is 2. The highest BCUT2D eigenvalue weighted by atomic mass is 16.5. The van der Waals surface area contributed by atoms with E-state index >= 15 is 0 Å². The molecule has 0 aromatic heterocycles. The zero-order valence-electron chi connectivity index (χ0n) is 11.3. The Kier molecular flexibility index (Phi) is 4.45. The zero-order chi connectivity index (χ0) is 14.5. The predicted molar refractivity (Wildman–Crippen MR) is 74.2 cm³/mol. The number of carboxylic acid groups (broad SMARTS) is 1. The van der Waals surface area contributed by atoms with Gasteiger partial charge in [0.15, 0.2) is 11.5 Å². The molecule has 0 radical (unpaired) electrons. The third kappa shape index (κ3) is 3.20. The number of hydrogen-bond donors (Lipinski definition) is 2. The molecule has 1 heterocycles. The van der Waals surface area contributed by atoms with Crippen molar-refractivity contribution >= 4 is 12.2 Å². The van der Waals surface area contributed by atoms with Gasteiger partial charge in [-0.2, -0.15) is 5.10 Å². The van der Waals surface area contributed by atoms with Crippen molar-refractivity contribution in [2.45, 2.75) is 25.3 Å². The molecule has 1 aromatic carbocycles. The van der Waals surface area contributed by atoms with Gasteiger partial charge in [-0.1, -0.05) is 0 Å². The molecule has 2 rings (SSSR count). The molecule has 1 saturated heterocycles. The number of benzene rings is 1. The molecule has 0 saturated carbocycles. The summed E-state index contributed by atoms with van der Waals surface area (Å²) in [5.74, 6) is -0.418. The summed E-state index contributed by atoms with van der Waals surface area (Å²) in [5, 5.41) is 24.5. The Bertz CT molecular complexity index is 516. The summed E-state index contributed by atoms with van der Waals surface area (Å²) in [7, 11) is 1.47. The van der Waals surface area contributed by atoms with E-state index in [2.05, 4.69) is 5.10 Å². The SMILES string of the molecule is COc1cc(/C=N/N2CCCCC2C(=O)O)ccc1O. The number of aromatic hydroxyl groups is 1. The third-order valence-electron chi connectivity index (χ3n) is 3.32. The van der Waals surface area contributed by atoms with Gasteiger partial charge >= 0.3 is 5.97 Å². The van der Waals surface area contributed by atoms with Crippen molar-refractivity contribution in [2.24, 2.45) is 5.10 Å². The zero-order valence-corrected chi connectivity index (χ0v) is 11.3. The summed E-state index contributed by atoms with van der Waals surface area (Å²) in [6.07, 6.45) is 4.06. The van der Waals surface area contributed by atoms with Crippen molar-refractivity contribution in [1.29, 1.82) is 0 Å². The molecule has 6 nitrogen and oxygen atoms in total. The highest BCUT2D eigenvalue weighted by Gasteiger charge is 2.27. The molecule has 6 heteroatoms. The van der Waals surface area contributed by atoms with Crippen LogP contribution >= 0.6 is 0 Å². The van der Waals surface area contributed by atoms with Crippen molar-refractivity contribution in [3.05, 3.63) is 23.8 Å². The van der Waals surface area contributed by atoms with Crippen molar-refractivity contribution in [3.63, 3.8) is 0 Å². The molecule has 2 N–H and O–H groups in total. The molecule has 1 fully saturated rings. The van der Waals surface area contributed by atoms with Crippen molar-refractivity contribution in [3.8, 4) is 11.5 Å². The van der Waals surface area contributed by atoms with Crippen LogP contribution in [0.25, 0.3) is 0 Å². The number of carbonyl (C=O) groups is 1. The lowest BCUT2D eigenvalue weighted by atomic mass is 10.0. The second-order valence-corrected chi connectivity index (χ2v) is 4.69. The Balaban J connectivity index is 2.13. The second kappa shape index (κ2) is 6.27. The summed E-state index contributed by atoms with van der Waals surface area (Å²) < 4.78 is 5.02. The third-order valence-corrected chi connectivity index (χ3v) is 3.32. The van der Waals surface area contributed by atoms with Gasteiger partial charge in [0.25, 0.3) is 0 Å². The van der Waals surface area contributed by atoms with Crippen molar-refractivity contribution in [1.82, 2.24) is 5.01 Å². The van der Waals surface area contributed by atoms with Crippen LogP contribution in [-0.2, 0) is 4.79 Å². The fourth-order valence-corrected chi connectivity index (χ4v) is 2.22. The number of aliphatic carboxylic acids is 1. The molecule has 1 atom stereocenters. The number of phenols is 1. The van der Waals surface area contributed by atoms with E-state index in [9.17, 15) is 9.90 Å². The number of rotatable bonds is 4. The van der Waals surface area contributed by atoms with Gasteiger partial charge in [0.1, 0.15) is 6.04 Å². The maximum Gasteiger partial charge on any atom is 0.328 e. The highest BCUT2D eigenvalue weighted by molar-refractivity contribution is 5.81. The van der Waals surface area contributed by atoms with E-state index in [0.29, 0.717) is 18.7 Å². The van der Waals surface area contributed by atoms with E-state index in [4.69, 9.17) is 9.84 Å². The number of ether oxygens (including phenoxy) is 1. The molecule has 0 aliphatic carbocycles. The number of methoxy groups -OCH3 is 1. The molecule has 1 aliphatic heterocycles. The highest BCUT2D eigenvalue weighted by Crippen LogP contribution is 2.25. The van der Waals surface area contributed by atoms with E-state index in [0.717, 1.165) is 18.4 Å². The van der Waals surface area contributed by atoms with Gasteiger partial charge in [-0.05, 0) is 43.0 Å². The fourth-order valence-electron chi connectivity index (χ4n) is 2.22. The van der Waals surface area contributed by atoms with E-state index in [1.165, 1.54) is 13.2 Å². The second-order valence-electron chi connectivity index (χ2n) is 4.69. The molecule has 1 aliphatic rings. The van der Waals surface area contributed by atoms with Gasteiger partial charge in [0.05, 0.1) is 13.3 Å². The summed E-state index contributed by atoms with van der Waals surface area (Å²) in [4.78, 5) is 11.2. The van der Waals surface area contributed by atoms with E-state index in [1.54, 1.807) is 23.4 Å². The van der Waals surface area contributed by atoms with Crippen LogP contribution in [0.2, 0.25) is 0 Å². The van der Waals surface area contributed by atoms with Crippen LogP contribution in [0.3, 0.4) is 0 Å². The molecule has 1 unspecified atom stereocenters. The van der Waals surface area contributed by atoms with Crippen LogP contribution in [0.5, 0.6) is 11.5 Å². The van der Waals surface area contributed by atoms with Crippen molar-refractivity contribution in [2.75, 3.05) is 13.7 Å². The average molecular weight is 278 g/mol. The summed E-state index contributed by atoms with van der Waals surface area (Å²) >= 11 is 0. The normalized spacial score (nSPS) is 19.2. The summed E-state index contributed by atoms with van der Waals surface area (Å²) in [6, 6.07) is 4.31. The van der Waals surface area contributed by atoms with Gasteiger partial charge in [-0.3, -0.25) is 5.01 Å². The van der Waals surface area contributed by atoms with E-state index < -0.39 is 12.0 Å². The fraction of sp³-hybridized carbons (Fsp3) is 0.429. The molecule has 0 spiro atoms.